The second kappa shape index (κ2) is 6.53. The van der Waals surface area contributed by atoms with E-state index in [2.05, 4.69) is 0 Å². The van der Waals surface area contributed by atoms with Crippen LogP contribution in [0.4, 0.5) is 0 Å². The molecule has 1 aliphatic carbocycles. The molecule has 3 aromatic carbocycles. The van der Waals surface area contributed by atoms with Crippen molar-refractivity contribution in [3.8, 4) is 0 Å². The molecule has 3 aromatic rings. The van der Waals surface area contributed by atoms with E-state index in [1.165, 1.54) is 0 Å². The van der Waals surface area contributed by atoms with Crippen LogP contribution in [0.3, 0.4) is 0 Å². The SMILES string of the molecule is Cc1ccccc1S(=O)(=O)C(C)c1ccc2c(c1)C(=O)c1ccccc1C2=O. The van der Waals surface area contributed by atoms with Crippen LogP contribution in [-0.4, -0.2) is 20.0 Å². The molecule has 0 spiro atoms. The van der Waals surface area contributed by atoms with Gasteiger partial charge in [-0.1, -0.05) is 48.5 Å². The number of rotatable bonds is 3. The van der Waals surface area contributed by atoms with E-state index in [9.17, 15) is 18.0 Å². The molecule has 0 heterocycles. The predicted octanol–water partition coefficient (Wildman–Crippen LogP) is 4.31. The molecule has 5 heteroatoms. The first-order chi connectivity index (χ1) is 13.3. The lowest BCUT2D eigenvalue weighted by molar-refractivity contribution is 0.0979. The molecule has 140 valence electrons. The van der Waals surface area contributed by atoms with E-state index >= 15 is 0 Å². The fraction of sp³-hybridized carbons (Fsp3) is 0.130. The smallest absolute Gasteiger partial charge is 0.194 e. The first-order valence-electron chi connectivity index (χ1n) is 8.94. The van der Waals surface area contributed by atoms with Gasteiger partial charge in [-0.15, -0.1) is 0 Å². The summed E-state index contributed by atoms with van der Waals surface area (Å²) in [5, 5.41) is -0.848. The van der Waals surface area contributed by atoms with Crippen molar-refractivity contribution in [2.45, 2.75) is 24.0 Å². The summed E-state index contributed by atoms with van der Waals surface area (Å²) < 4.78 is 26.2. The Kier molecular flexibility index (Phi) is 4.27. The lowest BCUT2D eigenvalue weighted by Gasteiger charge is -2.20. The Labute approximate surface area is 163 Å². The summed E-state index contributed by atoms with van der Waals surface area (Å²) in [6, 6.07) is 18.3. The van der Waals surface area contributed by atoms with Gasteiger partial charge in [-0.3, -0.25) is 9.59 Å². The highest BCUT2D eigenvalue weighted by Gasteiger charge is 2.32. The summed E-state index contributed by atoms with van der Waals surface area (Å²) in [6.45, 7) is 3.36. The van der Waals surface area contributed by atoms with Crippen LogP contribution in [0.5, 0.6) is 0 Å². The molecule has 0 radical (unpaired) electrons. The molecular formula is C23H18O4S. The minimum atomic E-state index is -3.64. The first kappa shape index (κ1) is 18.3. The van der Waals surface area contributed by atoms with Crippen molar-refractivity contribution in [2.75, 3.05) is 0 Å². The van der Waals surface area contributed by atoms with Crippen LogP contribution in [0.2, 0.25) is 0 Å². The van der Waals surface area contributed by atoms with Crippen molar-refractivity contribution in [3.63, 3.8) is 0 Å². The van der Waals surface area contributed by atoms with Gasteiger partial charge < -0.3 is 0 Å². The largest absolute Gasteiger partial charge is 0.289 e. The van der Waals surface area contributed by atoms with Gasteiger partial charge in [-0.2, -0.15) is 0 Å². The third-order valence-electron chi connectivity index (χ3n) is 5.28. The van der Waals surface area contributed by atoms with Gasteiger partial charge in [0.05, 0.1) is 10.1 Å². The molecule has 4 nitrogen and oxygen atoms in total. The molecule has 0 saturated heterocycles. The molecule has 1 aliphatic rings. The average Bonchev–Trinajstić information content (AvgIpc) is 2.71. The molecule has 0 aliphatic heterocycles. The van der Waals surface area contributed by atoms with Crippen molar-refractivity contribution in [2.24, 2.45) is 0 Å². The minimum absolute atomic E-state index is 0.217. The summed E-state index contributed by atoms with van der Waals surface area (Å²) in [6.07, 6.45) is 0. The molecule has 0 fully saturated rings. The summed E-state index contributed by atoms with van der Waals surface area (Å²) in [5.74, 6) is -0.473. The third-order valence-corrected chi connectivity index (χ3v) is 7.56. The molecule has 0 N–H and O–H groups in total. The number of ketones is 2. The van der Waals surface area contributed by atoms with Crippen molar-refractivity contribution in [3.05, 3.63) is 100 Å². The van der Waals surface area contributed by atoms with E-state index in [4.69, 9.17) is 0 Å². The summed E-state index contributed by atoms with van der Waals surface area (Å²) in [5.41, 5.74) is 2.47. The lowest BCUT2D eigenvalue weighted by atomic mass is 9.83. The van der Waals surface area contributed by atoms with Crippen molar-refractivity contribution in [1.82, 2.24) is 0 Å². The standard InChI is InChI=1S/C23H18O4S/c1-14-7-3-6-10-21(14)28(26,27)15(2)16-11-12-19-20(13-16)23(25)18-9-5-4-8-17(18)22(19)24/h3-13,15H,1-2H3. The van der Waals surface area contributed by atoms with E-state index in [1.54, 1.807) is 80.6 Å². The zero-order chi connectivity index (χ0) is 20.1. The van der Waals surface area contributed by atoms with Crippen LogP contribution in [0.25, 0.3) is 0 Å². The average molecular weight is 390 g/mol. The fourth-order valence-corrected chi connectivity index (χ4v) is 5.29. The Hall–Kier alpha value is -3.05. The van der Waals surface area contributed by atoms with Gasteiger partial charge in [0.25, 0.3) is 0 Å². The van der Waals surface area contributed by atoms with Gasteiger partial charge in [0.15, 0.2) is 21.4 Å². The number of hydrogen-bond donors (Lipinski definition) is 0. The summed E-state index contributed by atoms with van der Waals surface area (Å²) in [7, 11) is -3.64. The number of carbonyl (C=O) groups is 2. The van der Waals surface area contributed by atoms with Crippen LogP contribution in [0.15, 0.2) is 71.6 Å². The van der Waals surface area contributed by atoms with Gasteiger partial charge in [-0.25, -0.2) is 8.42 Å². The number of aryl methyl sites for hydroxylation is 1. The maximum atomic E-state index is 13.1. The zero-order valence-electron chi connectivity index (χ0n) is 15.5. The number of benzene rings is 3. The van der Waals surface area contributed by atoms with Gasteiger partial charge in [-0.05, 0) is 43.2 Å². The second-order valence-electron chi connectivity index (χ2n) is 6.96. The fourth-order valence-electron chi connectivity index (χ4n) is 3.62. The third kappa shape index (κ3) is 2.70. The van der Waals surface area contributed by atoms with Crippen molar-refractivity contribution >= 4 is 21.4 Å². The zero-order valence-corrected chi connectivity index (χ0v) is 16.3. The topological polar surface area (TPSA) is 68.3 Å². The van der Waals surface area contributed by atoms with Crippen LogP contribution >= 0.6 is 0 Å². The number of sulfone groups is 1. The Bertz CT molecular complexity index is 1240. The van der Waals surface area contributed by atoms with Crippen LogP contribution < -0.4 is 0 Å². The number of hydrogen-bond acceptors (Lipinski definition) is 4. The summed E-state index contributed by atoms with van der Waals surface area (Å²) in [4.78, 5) is 25.9. The molecule has 28 heavy (non-hydrogen) atoms. The van der Waals surface area contributed by atoms with Gasteiger partial charge in [0.2, 0.25) is 0 Å². The van der Waals surface area contributed by atoms with Crippen molar-refractivity contribution < 1.29 is 18.0 Å². The molecule has 1 unspecified atom stereocenters. The van der Waals surface area contributed by atoms with E-state index in [-0.39, 0.29) is 22.0 Å². The highest BCUT2D eigenvalue weighted by Crippen LogP contribution is 2.34. The van der Waals surface area contributed by atoms with E-state index in [1.807, 2.05) is 0 Å². The second-order valence-corrected chi connectivity index (χ2v) is 9.20. The Morgan fingerprint density at radius 3 is 1.89 bits per heavy atom. The van der Waals surface area contributed by atoms with Crippen molar-refractivity contribution in [1.29, 1.82) is 0 Å². The normalized spacial score (nSPS) is 14.4. The number of fused-ring (bicyclic) bond motifs is 2. The van der Waals surface area contributed by atoms with Gasteiger partial charge in [0.1, 0.15) is 0 Å². The monoisotopic (exact) mass is 390 g/mol. The Balaban J connectivity index is 1.81. The minimum Gasteiger partial charge on any atom is -0.289 e. The Morgan fingerprint density at radius 2 is 1.25 bits per heavy atom. The van der Waals surface area contributed by atoms with E-state index in [0.29, 0.717) is 27.8 Å². The highest BCUT2D eigenvalue weighted by molar-refractivity contribution is 7.91. The highest BCUT2D eigenvalue weighted by atomic mass is 32.2. The van der Waals surface area contributed by atoms with E-state index < -0.39 is 15.1 Å². The molecule has 1 atom stereocenters. The number of carbonyl (C=O) groups excluding carboxylic acids is 2. The van der Waals surface area contributed by atoms with E-state index in [0.717, 1.165) is 0 Å². The van der Waals surface area contributed by atoms with Gasteiger partial charge in [0, 0.05) is 22.3 Å². The van der Waals surface area contributed by atoms with Crippen LogP contribution in [0.1, 0.15) is 55.1 Å². The maximum absolute atomic E-state index is 13.1. The maximum Gasteiger partial charge on any atom is 0.194 e. The molecule has 0 amide bonds. The summed E-state index contributed by atoms with van der Waals surface area (Å²) >= 11 is 0. The van der Waals surface area contributed by atoms with Gasteiger partial charge >= 0.3 is 0 Å². The molecular weight excluding hydrogens is 372 g/mol. The molecule has 0 saturated carbocycles. The quantitative estimate of drug-likeness (QED) is 0.523. The first-order valence-corrected chi connectivity index (χ1v) is 10.5. The molecule has 0 aromatic heterocycles. The van der Waals surface area contributed by atoms with Crippen LogP contribution in [0, 0.1) is 6.92 Å². The molecule has 0 bridgehead atoms. The Morgan fingerprint density at radius 1 is 0.714 bits per heavy atom. The lowest BCUT2D eigenvalue weighted by Crippen LogP contribution is -2.21. The van der Waals surface area contributed by atoms with Crippen LogP contribution in [-0.2, 0) is 9.84 Å². The molecule has 4 rings (SSSR count). The predicted molar refractivity (Wildman–Crippen MR) is 107 cm³/mol.